The van der Waals surface area contributed by atoms with Crippen molar-refractivity contribution < 1.29 is 4.21 Å². The molecule has 0 bridgehead atoms. The summed E-state index contributed by atoms with van der Waals surface area (Å²) in [4.78, 5) is 4.97. The molecule has 0 aromatic heterocycles. The number of nitrogens with zero attached hydrogens (tertiary/aromatic N) is 2. The maximum absolute atomic E-state index is 11.7. The fourth-order valence-corrected chi connectivity index (χ4v) is 2.24. The molecular weight excluding hydrogens is 184 g/mol. The number of aliphatic imine (C=N–C) groups is 1. The zero-order chi connectivity index (χ0) is 9.42. The molecule has 0 saturated heterocycles. The van der Waals surface area contributed by atoms with E-state index in [1.807, 2.05) is 25.1 Å². The minimum Gasteiger partial charge on any atom is -0.281 e. The van der Waals surface area contributed by atoms with Crippen molar-refractivity contribution in [2.45, 2.75) is 11.8 Å². The predicted octanol–water partition coefficient (Wildman–Crippen LogP) is 1.62. The van der Waals surface area contributed by atoms with Crippen LogP contribution in [0.25, 0.3) is 0 Å². The van der Waals surface area contributed by atoms with Gasteiger partial charge in [-0.3, -0.25) is 4.31 Å². The fraction of sp³-hybridized carbons (Fsp3) is 0.222. The van der Waals surface area contributed by atoms with Gasteiger partial charge in [0.25, 0.3) is 0 Å². The molecule has 4 heteroatoms. The summed E-state index contributed by atoms with van der Waals surface area (Å²) in [7, 11) is 0.669. The molecule has 0 fully saturated rings. The first-order valence-corrected chi connectivity index (χ1v) is 5.09. The second kappa shape index (κ2) is 2.96. The Bertz CT molecular complexity index is 401. The standard InChI is InChI=1S/C9H10N2OS/c1-7-3-4-8-9(5-7)13(12)11(2)6-10-8/h3-6H,1-2H3. The average molecular weight is 194 g/mol. The van der Waals surface area contributed by atoms with Crippen molar-refractivity contribution in [1.82, 2.24) is 4.31 Å². The molecular formula is C9H10N2OS. The quantitative estimate of drug-likeness (QED) is 0.617. The van der Waals surface area contributed by atoms with E-state index in [1.54, 1.807) is 17.7 Å². The number of fused-ring (bicyclic) bond motifs is 1. The Morgan fingerprint density at radius 2 is 2.23 bits per heavy atom. The van der Waals surface area contributed by atoms with Crippen LogP contribution >= 0.6 is 0 Å². The largest absolute Gasteiger partial charge is 0.281 e. The Kier molecular flexibility index (Phi) is 1.92. The molecule has 1 atom stereocenters. The molecule has 0 aliphatic carbocycles. The third kappa shape index (κ3) is 1.37. The summed E-state index contributed by atoms with van der Waals surface area (Å²) < 4.78 is 13.3. The fourth-order valence-electron chi connectivity index (χ4n) is 1.21. The van der Waals surface area contributed by atoms with Crippen molar-refractivity contribution in [2.24, 2.45) is 4.99 Å². The van der Waals surface area contributed by atoms with Crippen LogP contribution < -0.4 is 0 Å². The number of hydrogen-bond acceptors (Lipinski definition) is 2. The molecule has 0 N–H and O–H groups in total. The Labute approximate surface area is 79.7 Å². The molecule has 13 heavy (non-hydrogen) atoms. The van der Waals surface area contributed by atoms with Gasteiger partial charge in [0, 0.05) is 7.05 Å². The summed E-state index contributed by atoms with van der Waals surface area (Å²) in [6.07, 6.45) is 1.59. The maximum atomic E-state index is 11.7. The van der Waals surface area contributed by atoms with Gasteiger partial charge in [-0.15, -0.1) is 0 Å². The molecule has 0 amide bonds. The summed E-state index contributed by atoms with van der Waals surface area (Å²) in [6.45, 7) is 1.98. The van der Waals surface area contributed by atoms with Gasteiger partial charge in [0.1, 0.15) is 6.34 Å². The van der Waals surface area contributed by atoms with Gasteiger partial charge in [-0.05, 0) is 24.6 Å². The Morgan fingerprint density at radius 1 is 1.46 bits per heavy atom. The van der Waals surface area contributed by atoms with E-state index in [-0.39, 0.29) is 0 Å². The van der Waals surface area contributed by atoms with Crippen LogP contribution in [0, 0.1) is 6.92 Å². The van der Waals surface area contributed by atoms with Gasteiger partial charge in [-0.1, -0.05) is 6.07 Å². The zero-order valence-electron chi connectivity index (χ0n) is 7.52. The lowest BCUT2D eigenvalue weighted by molar-refractivity contribution is 0.647. The van der Waals surface area contributed by atoms with Crippen molar-refractivity contribution >= 4 is 23.0 Å². The highest BCUT2D eigenvalue weighted by Gasteiger charge is 2.16. The Balaban J connectivity index is 2.60. The third-order valence-electron chi connectivity index (χ3n) is 1.92. The van der Waals surface area contributed by atoms with E-state index in [0.717, 1.165) is 16.1 Å². The van der Waals surface area contributed by atoms with Crippen LogP contribution in [0.3, 0.4) is 0 Å². The van der Waals surface area contributed by atoms with Crippen LogP contribution in [0.1, 0.15) is 5.56 Å². The number of hydrogen-bond donors (Lipinski definition) is 0. The first kappa shape index (κ1) is 8.44. The summed E-state index contributed by atoms with van der Waals surface area (Å²) >= 11 is 0. The highest BCUT2D eigenvalue weighted by molar-refractivity contribution is 7.83. The molecule has 0 radical (unpaired) electrons. The third-order valence-corrected chi connectivity index (χ3v) is 3.25. The SMILES string of the molecule is Cc1ccc2c(c1)S(=O)N(C)C=N2. The minimum absolute atomic E-state index is 0.796. The van der Waals surface area contributed by atoms with Gasteiger partial charge >= 0.3 is 0 Å². The van der Waals surface area contributed by atoms with Crippen LogP contribution in [-0.2, 0) is 11.0 Å². The zero-order valence-corrected chi connectivity index (χ0v) is 8.34. The van der Waals surface area contributed by atoms with Gasteiger partial charge in [-0.2, -0.15) is 0 Å². The molecule has 1 aliphatic rings. The molecule has 1 aromatic carbocycles. The minimum atomic E-state index is -1.09. The maximum Gasteiger partial charge on any atom is 0.155 e. The number of aryl methyl sites for hydroxylation is 1. The van der Waals surface area contributed by atoms with Crippen LogP contribution in [0.5, 0.6) is 0 Å². The van der Waals surface area contributed by atoms with Gasteiger partial charge in [0.2, 0.25) is 0 Å². The van der Waals surface area contributed by atoms with Crippen LogP contribution in [0.2, 0.25) is 0 Å². The van der Waals surface area contributed by atoms with E-state index >= 15 is 0 Å². The highest BCUT2D eigenvalue weighted by Crippen LogP contribution is 2.27. The van der Waals surface area contributed by atoms with E-state index in [4.69, 9.17) is 0 Å². The van der Waals surface area contributed by atoms with Crippen molar-refractivity contribution in [3.63, 3.8) is 0 Å². The van der Waals surface area contributed by atoms with Crippen molar-refractivity contribution in [3.05, 3.63) is 23.8 Å². The van der Waals surface area contributed by atoms with E-state index in [0.29, 0.717) is 0 Å². The molecule has 0 spiro atoms. The van der Waals surface area contributed by atoms with Crippen LogP contribution in [-0.4, -0.2) is 21.9 Å². The summed E-state index contributed by atoms with van der Waals surface area (Å²) in [5.74, 6) is 0. The molecule has 0 saturated carbocycles. The normalized spacial score (nSPS) is 20.2. The van der Waals surface area contributed by atoms with E-state index in [9.17, 15) is 4.21 Å². The summed E-state index contributed by atoms with van der Waals surface area (Å²) in [6, 6.07) is 5.78. The lowest BCUT2D eigenvalue weighted by Gasteiger charge is -2.18. The summed E-state index contributed by atoms with van der Waals surface area (Å²) in [5.41, 5.74) is 1.92. The molecule has 1 heterocycles. The van der Waals surface area contributed by atoms with Gasteiger partial charge in [-0.25, -0.2) is 9.20 Å². The Morgan fingerprint density at radius 3 is 3.00 bits per heavy atom. The molecule has 1 aliphatic heterocycles. The number of benzene rings is 1. The van der Waals surface area contributed by atoms with E-state index in [2.05, 4.69) is 4.99 Å². The van der Waals surface area contributed by atoms with Gasteiger partial charge in [0.15, 0.2) is 11.0 Å². The first-order chi connectivity index (χ1) is 6.18. The number of rotatable bonds is 0. The first-order valence-electron chi connectivity index (χ1n) is 3.98. The molecule has 68 valence electrons. The molecule has 2 rings (SSSR count). The van der Waals surface area contributed by atoms with Gasteiger partial charge in [0.05, 0.1) is 10.6 Å². The van der Waals surface area contributed by atoms with Crippen molar-refractivity contribution in [2.75, 3.05) is 7.05 Å². The highest BCUT2D eigenvalue weighted by atomic mass is 32.2. The monoisotopic (exact) mass is 194 g/mol. The molecule has 1 unspecified atom stereocenters. The molecule has 1 aromatic rings. The van der Waals surface area contributed by atoms with E-state index < -0.39 is 11.0 Å². The van der Waals surface area contributed by atoms with Crippen molar-refractivity contribution in [3.8, 4) is 0 Å². The van der Waals surface area contributed by atoms with Crippen LogP contribution in [0.15, 0.2) is 28.1 Å². The second-order valence-corrected chi connectivity index (χ2v) is 4.53. The average Bonchev–Trinajstić information content (AvgIpc) is 2.12. The Hall–Kier alpha value is -1.16. The van der Waals surface area contributed by atoms with Gasteiger partial charge < -0.3 is 0 Å². The smallest absolute Gasteiger partial charge is 0.155 e. The second-order valence-electron chi connectivity index (χ2n) is 3.01. The molecule has 3 nitrogen and oxygen atoms in total. The van der Waals surface area contributed by atoms with Crippen molar-refractivity contribution in [1.29, 1.82) is 0 Å². The van der Waals surface area contributed by atoms with Crippen LogP contribution in [0.4, 0.5) is 5.69 Å². The van der Waals surface area contributed by atoms with E-state index in [1.165, 1.54) is 0 Å². The lowest BCUT2D eigenvalue weighted by atomic mass is 10.2. The predicted molar refractivity (Wildman–Crippen MR) is 53.5 cm³/mol. The summed E-state index contributed by atoms with van der Waals surface area (Å²) in [5, 5.41) is 0. The topological polar surface area (TPSA) is 32.7 Å². The lowest BCUT2D eigenvalue weighted by Crippen LogP contribution is -2.22.